The topological polar surface area (TPSA) is 49.3 Å². The Balaban J connectivity index is 2.00. The Morgan fingerprint density at radius 3 is 2.20 bits per heavy atom. The van der Waals surface area contributed by atoms with Crippen molar-refractivity contribution in [2.75, 3.05) is 31.1 Å². The van der Waals surface area contributed by atoms with E-state index in [9.17, 15) is 18.0 Å². The van der Waals surface area contributed by atoms with Crippen LogP contribution in [-0.4, -0.2) is 47.0 Å². The molecule has 108 valence electrons. The van der Waals surface area contributed by atoms with Crippen LogP contribution >= 0.6 is 0 Å². The largest absolute Gasteiger partial charge is 0.419 e. The highest BCUT2D eigenvalue weighted by Crippen LogP contribution is 2.28. The van der Waals surface area contributed by atoms with Gasteiger partial charge in [0.1, 0.15) is 0 Å². The third-order valence-corrected chi connectivity index (χ3v) is 3.01. The van der Waals surface area contributed by atoms with Gasteiger partial charge in [0, 0.05) is 38.6 Å². The summed E-state index contributed by atoms with van der Waals surface area (Å²) in [5, 5.41) is 0. The highest BCUT2D eigenvalue weighted by molar-refractivity contribution is 5.87. The molecule has 0 saturated carbocycles. The molecule has 2 rings (SSSR count). The van der Waals surface area contributed by atoms with Crippen LogP contribution in [0.5, 0.6) is 0 Å². The van der Waals surface area contributed by atoms with Crippen LogP contribution in [0, 0.1) is 0 Å². The molecule has 1 aromatic heterocycles. The molecule has 8 heteroatoms. The van der Waals surface area contributed by atoms with Crippen molar-refractivity contribution in [3.05, 3.63) is 30.6 Å². The predicted octanol–water partition coefficient (Wildman–Crippen LogP) is 1.33. The number of hydrogen-bond acceptors (Lipinski definition) is 4. The summed E-state index contributed by atoms with van der Waals surface area (Å²) in [7, 11) is 0. The minimum Gasteiger partial charge on any atom is -0.337 e. The average Bonchev–Trinajstić information content (AvgIpc) is 2.46. The molecule has 0 aromatic carbocycles. The fourth-order valence-corrected chi connectivity index (χ4v) is 1.89. The zero-order chi connectivity index (χ0) is 14.8. The van der Waals surface area contributed by atoms with E-state index in [2.05, 4.69) is 16.5 Å². The molecule has 1 amide bonds. The monoisotopic (exact) mass is 286 g/mol. The number of amides is 1. The molecular weight excluding hydrogens is 273 g/mol. The molecule has 0 radical (unpaired) electrons. The second-order valence-corrected chi connectivity index (χ2v) is 4.29. The van der Waals surface area contributed by atoms with Crippen LogP contribution in [0.25, 0.3) is 0 Å². The molecular formula is C12H13F3N4O. The fraction of sp³-hybridized carbons (Fsp3) is 0.417. The number of aromatic nitrogens is 2. The summed E-state index contributed by atoms with van der Waals surface area (Å²) in [6.45, 7) is 5.30. The van der Waals surface area contributed by atoms with E-state index in [1.54, 1.807) is 9.80 Å². The Morgan fingerprint density at radius 1 is 1.20 bits per heavy atom. The van der Waals surface area contributed by atoms with Crippen LogP contribution in [0.3, 0.4) is 0 Å². The third-order valence-electron chi connectivity index (χ3n) is 3.01. The van der Waals surface area contributed by atoms with Gasteiger partial charge in [-0.15, -0.1) is 0 Å². The summed E-state index contributed by atoms with van der Waals surface area (Å²) in [6, 6.07) is 0. The van der Waals surface area contributed by atoms with E-state index < -0.39 is 11.7 Å². The van der Waals surface area contributed by atoms with E-state index in [0.717, 1.165) is 12.4 Å². The highest BCUT2D eigenvalue weighted by atomic mass is 19.4. The lowest BCUT2D eigenvalue weighted by Gasteiger charge is -2.34. The Bertz CT molecular complexity index is 492. The number of piperazine rings is 1. The zero-order valence-electron chi connectivity index (χ0n) is 10.6. The Labute approximate surface area is 113 Å². The summed E-state index contributed by atoms with van der Waals surface area (Å²) in [5.41, 5.74) is -0.873. The molecule has 5 nitrogen and oxygen atoms in total. The summed E-state index contributed by atoms with van der Waals surface area (Å²) in [6.07, 6.45) is -1.66. The Hall–Kier alpha value is -2.12. The van der Waals surface area contributed by atoms with Gasteiger partial charge < -0.3 is 9.80 Å². The molecule has 1 saturated heterocycles. The molecule has 20 heavy (non-hydrogen) atoms. The number of carbonyl (C=O) groups excluding carboxylic acids is 1. The Morgan fingerprint density at radius 2 is 1.75 bits per heavy atom. The van der Waals surface area contributed by atoms with Crippen molar-refractivity contribution in [1.29, 1.82) is 0 Å². The van der Waals surface area contributed by atoms with E-state index in [0.29, 0.717) is 26.2 Å². The zero-order valence-corrected chi connectivity index (χ0v) is 10.6. The van der Waals surface area contributed by atoms with E-state index >= 15 is 0 Å². The summed E-state index contributed by atoms with van der Waals surface area (Å²) < 4.78 is 37.2. The molecule has 0 atom stereocenters. The summed E-state index contributed by atoms with van der Waals surface area (Å²) in [5.74, 6) is 0.0849. The molecule has 1 aromatic rings. The molecule has 2 heterocycles. The maximum atomic E-state index is 12.4. The fourth-order valence-electron chi connectivity index (χ4n) is 1.89. The van der Waals surface area contributed by atoms with Crippen LogP contribution in [0.1, 0.15) is 5.56 Å². The first-order valence-electron chi connectivity index (χ1n) is 5.97. The third kappa shape index (κ3) is 3.06. The van der Waals surface area contributed by atoms with Crippen LogP contribution in [-0.2, 0) is 11.0 Å². The van der Waals surface area contributed by atoms with Gasteiger partial charge in [0.2, 0.25) is 11.9 Å². The number of rotatable bonds is 2. The van der Waals surface area contributed by atoms with Crippen molar-refractivity contribution >= 4 is 11.9 Å². The number of carbonyl (C=O) groups is 1. The van der Waals surface area contributed by atoms with E-state index in [1.807, 2.05) is 0 Å². The molecule has 0 spiro atoms. The van der Waals surface area contributed by atoms with Crippen LogP contribution in [0.2, 0.25) is 0 Å². The Kier molecular flexibility index (Phi) is 3.91. The van der Waals surface area contributed by atoms with Crippen molar-refractivity contribution in [3.8, 4) is 0 Å². The smallest absolute Gasteiger partial charge is 0.337 e. The van der Waals surface area contributed by atoms with Gasteiger partial charge >= 0.3 is 6.18 Å². The number of anilines is 1. The maximum absolute atomic E-state index is 12.4. The van der Waals surface area contributed by atoms with Crippen molar-refractivity contribution in [3.63, 3.8) is 0 Å². The summed E-state index contributed by atoms with van der Waals surface area (Å²) >= 11 is 0. The molecule has 1 aliphatic rings. The molecule has 0 aliphatic carbocycles. The van der Waals surface area contributed by atoms with Gasteiger partial charge in [-0.1, -0.05) is 6.58 Å². The molecule has 0 N–H and O–H groups in total. The second kappa shape index (κ2) is 5.48. The lowest BCUT2D eigenvalue weighted by molar-refractivity contribution is -0.138. The van der Waals surface area contributed by atoms with Gasteiger partial charge in [0.25, 0.3) is 0 Å². The standard InChI is InChI=1S/C12H13F3N4O/c1-2-10(20)18-3-5-19(6-4-18)11-16-7-9(8-17-11)12(13,14)15/h2,7-8H,1,3-6H2. The lowest BCUT2D eigenvalue weighted by atomic mass is 10.3. The van der Waals surface area contributed by atoms with Gasteiger partial charge in [0.05, 0.1) is 5.56 Å². The van der Waals surface area contributed by atoms with Crippen LogP contribution in [0.4, 0.5) is 19.1 Å². The van der Waals surface area contributed by atoms with Gasteiger partial charge in [-0.25, -0.2) is 9.97 Å². The van der Waals surface area contributed by atoms with E-state index in [1.165, 1.54) is 6.08 Å². The number of nitrogens with zero attached hydrogens (tertiary/aromatic N) is 4. The van der Waals surface area contributed by atoms with Crippen molar-refractivity contribution < 1.29 is 18.0 Å². The minimum atomic E-state index is -4.44. The van der Waals surface area contributed by atoms with Crippen molar-refractivity contribution in [2.24, 2.45) is 0 Å². The van der Waals surface area contributed by atoms with Gasteiger partial charge in [-0.05, 0) is 6.08 Å². The first kappa shape index (κ1) is 14.3. The maximum Gasteiger partial charge on any atom is 0.419 e. The van der Waals surface area contributed by atoms with E-state index in [-0.39, 0.29) is 11.9 Å². The first-order chi connectivity index (χ1) is 9.41. The number of halogens is 3. The van der Waals surface area contributed by atoms with Crippen LogP contribution in [0.15, 0.2) is 25.0 Å². The highest BCUT2D eigenvalue weighted by Gasteiger charge is 2.31. The number of hydrogen-bond donors (Lipinski definition) is 0. The summed E-state index contributed by atoms with van der Waals surface area (Å²) in [4.78, 5) is 22.2. The number of alkyl halides is 3. The van der Waals surface area contributed by atoms with Crippen LogP contribution < -0.4 is 4.90 Å². The van der Waals surface area contributed by atoms with E-state index in [4.69, 9.17) is 0 Å². The average molecular weight is 286 g/mol. The lowest BCUT2D eigenvalue weighted by Crippen LogP contribution is -2.48. The van der Waals surface area contributed by atoms with Crippen molar-refractivity contribution in [2.45, 2.75) is 6.18 Å². The quantitative estimate of drug-likeness (QED) is 0.770. The first-order valence-corrected chi connectivity index (χ1v) is 5.97. The normalized spacial score (nSPS) is 16.1. The molecule has 0 bridgehead atoms. The molecule has 1 fully saturated rings. The molecule has 1 aliphatic heterocycles. The predicted molar refractivity (Wildman–Crippen MR) is 66.0 cm³/mol. The minimum absolute atomic E-state index is 0.155. The van der Waals surface area contributed by atoms with Gasteiger partial charge in [-0.2, -0.15) is 13.2 Å². The second-order valence-electron chi connectivity index (χ2n) is 4.29. The van der Waals surface area contributed by atoms with Gasteiger partial charge in [-0.3, -0.25) is 4.79 Å². The van der Waals surface area contributed by atoms with Gasteiger partial charge in [0.15, 0.2) is 0 Å². The molecule has 0 unspecified atom stereocenters. The van der Waals surface area contributed by atoms with Crippen molar-refractivity contribution in [1.82, 2.24) is 14.9 Å². The SMILES string of the molecule is C=CC(=O)N1CCN(c2ncc(C(F)(F)F)cn2)CC1.